The molecule has 0 aliphatic carbocycles. The number of nitrogen functional groups attached to an aromatic ring is 1. The summed E-state index contributed by atoms with van der Waals surface area (Å²) in [4.78, 5) is 11.2. The molecule has 1 unspecified atom stereocenters. The summed E-state index contributed by atoms with van der Waals surface area (Å²) in [7, 11) is 2.07. The van der Waals surface area contributed by atoms with Gasteiger partial charge in [-0.15, -0.1) is 0 Å². The Balaban J connectivity index is 2.33. The van der Waals surface area contributed by atoms with Gasteiger partial charge in [-0.2, -0.15) is 0 Å². The number of halogens is 1. The van der Waals surface area contributed by atoms with E-state index in [4.69, 9.17) is 10.5 Å². The molecule has 0 bridgehead atoms. The van der Waals surface area contributed by atoms with E-state index in [1.54, 1.807) is 0 Å². The van der Waals surface area contributed by atoms with Crippen LogP contribution in [0.1, 0.15) is 37.4 Å². The summed E-state index contributed by atoms with van der Waals surface area (Å²) >= 11 is 3.45. The minimum atomic E-state index is -0.0864. The molecule has 0 amide bonds. The Bertz CT molecular complexity index is 438. The number of nitrogens with two attached hydrogens (primary N) is 1. The van der Waals surface area contributed by atoms with Crippen molar-refractivity contribution in [2.24, 2.45) is 0 Å². The number of aromatic nitrogens is 2. The van der Waals surface area contributed by atoms with Crippen molar-refractivity contribution in [3.05, 3.63) is 16.0 Å². The molecule has 2 N–H and O–H groups in total. The third-order valence-corrected chi connectivity index (χ3v) is 3.84. The number of hydrogen-bond acceptors (Lipinski definition) is 5. The number of ether oxygens (including phenoxy) is 1. The molecule has 0 spiro atoms. The molecule has 0 aromatic carbocycles. The van der Waals surface area contributed by atoms with Gasteiger partial charge in [-0.25, -0.2) is 9.97 Å². The molecule has 1 aliphatic rings. The zero-order chi connectivity index (χ0) is 13.3. The van der Waals surface area contributed by atoms with Gasteiger partial charge in [0.1, 0.15) is 11.9 Å². The van der Waals surface area contributed by atoms with E-state index in [0.29, 0.717) is 24.2 Å². The van der Waals surface area contributed by atoms with Gasteiger partial charge in [-0.05, 0) is 28.9 Å². The van der Waals surface area contributed by atoms with E-state index in [2.05, 4.69) is 51.7 Å². The molecule has 0 saturated carbocycles. The van der Waals surface area contributed by atoms with E-state index >= 15 is 0 Å². The van der Waals surface area contributed by atoms with Crippen molar-refractivity contribution in [1.82, 2.24) is 14.9 Å². The quantitative estimate of drug-likeness (QED) is 0.904. The number of hydrogen-bond donors (Lipinski definition) is 1. The van der Waals surface area contributed by atoms with Gasteiger partial charge in [-0.3, -0.25) is 0 Å². The van der Waals surface area contributed by atoms with E-state index in [-0.39, 0.29) is 6.10 Å². The van der Waals surface area contributed by atoms with Gasteiger partial charge in [0.25, 0.3) is 0 Å². The molecule has 0 radical (unpaired) electrons. The van der Waals surface area contributed by atoms with Crippen LogP contribution in [0, 0.1) is 0 Å². The number of anilines is 1. The lowest BCUT2D eigenvalue weighted by Crippen LogP contribution is -2.36. The SMILES string of the molecule is CC(C)c1nc(C2CN(C)CCO2)nc(N)c1Br. The second kappa shape index (κ2) is 5.50. The molecule has 2 rings (SSSR count). The first-order chi connectivity index (χ1) is 8.49. The molecular weight excluding hydrogens is 296 g/mol. The van der Waals surface area contributed by atoms with Crippen molar-refractivity contribution in [3.63, 3.8) is 0 Å². The van der Waals surface area contributed by atoms with Gasteiger partial charge >= 0.3 is 0 Å². The van der Waals surface area contributed by atoms with Crippen molar-refractivity contribution in [1.29, 1.82) is 0 Å². The lowest BCUT2D eigenvalue weighted by molar-refractivity contribution is -0.0255. The van der Waals surface area contributed by atoms with E-state index < -0.39 is 0 Å². The highest BCUT2D eigenvalue weighted by molar-refractivity contribution is 9.10. The molecule has 2 heterocycles. The Hall–Kier alpha value is -0.720. The summed E-state index contributed by atoms with van der Waals surface area (Å²) in [6.07, 6.45) is -0.0864. The molecule has 6 heteroatoms. The zero-order valence-corrected chi connectivity index (χ0v) is 12.6. The summed E-state index contributed by atoms with van der Waals surface area (Å²) in [5.41, 5.74) is 6.87. The van der Waals surface area contributed by atoms with Gasteiger partial charge in [0.05, 0.1) is 16.8 Å². The number of rotatable bonds is 2. The maximum atomic E-state index is 5.93. The molecular formula is C12H19BrN4O. The standard InChI is InChI=1S/C12H19BrN4O/c1-7(2)10-9(13)11(14)16-12(15-10)8-6-17(3)4-5-18-8/h7-8H,4-6H2,1-3H3,(H2,14,15,16). The number of likely N-dealkylation sites (N-methyl/N-ethyl adjacent to an activating group) is 1. The van der Waals surface area contributed by atoms with Crippen LogP contribution in [0.25, 0.3) is 0 Å². The summed E-state index contributed by atoms with van der Waals surface area (Å²) < 4.78 is 6.52. The predicted octanol–water partition coefficient (Wildman–Crippen LogP) is 1.95. The third kappa shape index (κ3) is 2.81. The van der Waals surface area contributed by atoms with Crippen LogP contribution in [-0.4, -0.2) is 41.6 Å². The molecule has 5 nitrogen and oxygen atoms in total. The van der Waals surface area contributed by atoms with Crippen molar-refractivity contribution in [2.45, 2.75) is 25.9 Å². The van der Waals surface area contributed by atoms with Crippen molar-refractivity contribution < 1.29 is 4.74 Å². The lowest BCUT2D eigenvalue weighted by Gasteiger charge is -2.29. The van der Waals surface area contributed by atoms with Crippen LogP contribution >= 0.6 is 15.9 Å². The maximum Gasteiger partial charge on any atom is 0.161 e. The minimum absolute atomic E-state index is 0.0864. The minimum Gasteiger partial charge on any atom is -0.383 e. The van der Waals surface area contributed by atoms with Crippen LogP contribution in [0.15, 0.2) is 4.47 Å². The molecule has 1 aliphatic heterocycles. The lowest BCUT2D eigenvalue weighted by atomic mass is 10.1. The summed E-state index contributed by atoms with van der Waals surface area (Å²) in [6, 6.07) is 0. The van der Waals surface area contributed by atoms with Crippen molar-refractivity contribution in [3.8, 4) is 0 Å². The first-order valence-corrected chi connectivity index (χ1v) is 6.91. The Labute approximate surface area is 116 Å². The van der Waals surface area contributed by atoms with E-state index in [1.807, 2.05) is 0 Å². The Kier molecular flexibility index (Phi) is 4.19. The number of nitrogens with zero attached hydrogens (tertiary/aromatic N) is 3. The predicted molar refractivity (Wildman–Crippen MR) is 74.4 cm³/mol. The first-order valence-electron chi connectivity index (χ1n) is 6.12. The molecule has 18 heavy (non-hydrogen) atoms. The fourth-order valence-electron chi connectivity index (χ4n) is 1.96. The first kappa shape index (κ1) is 13.7. The number of morpholine rings is 1. The normalized spacial score (nSPS) is 21.5. The van der Waals surface area contributed by atoms with Crippen LogP contribution in [0.4, 0.5) is 5.82 Å². The maximum absolute atomic E-state index is 5.93. The monoisotopic (exact) mass is 314 g/mol. The Morgan fingerprint density at radius 2 is 2.17 bits per heavy atom. The summed E-state index contributed by atoms with van der Waals surface area (Å²) in [5.74, 6) is 1.47. The van der Waals surface area contributed by atoms with Crippen LogP contribution in [0.2, 0.25) is 0 Å². The van der Waals surface area contributed by atoms with Gasteiger partial charge < -0.3 is 15.4 Å². The van der Waals surface area contributed by atoms with Crippen molar-refractivity contribution in [2.75, 3.05) is 32.5 Å². The molecule has 1 fully saturated rings. The highest BCUT2D eigenvalue weighted by Crippen LogP contribution is 2.29. The molecule has 1 atom stereocenters. The molecule has 1 saturated heterocycles. The Morgan fingerprint density at radius 1 is 1.44 bits per heavy atom. The highest BCUT2D eigenvalue weighted by Gasteiger charge is 2.24. The van der Waals surface area contributed by atoms with Crippen molar-refractivity contribution >= 4 is 21.7 Å². The van der Waals surface area contributed by atoms with Crippen LogP contribution in [0.5, 0.6) is 0 Å². The Morgan fingerprint density at radius 3 is 2.78 bits per heavy atom. The largest absolute Gasteiger partial charge is 0.383 e. The van der Waals surface area contributed by atoms with Gasteiger partial charge in [-0.1, -0.05) is 13.8 Å². The smallest absolute Gasteiger partial charge is 0.161 e. The third-order valence-electron chi connectivity index (χ3n) is 3.02. The zero-order valence-electron chi connectivity index (χ0n) is 11.0. The van der Waals surface area contributed by atoms with Gasteiger partial charge in [0.2, 0.25) is 0 Å². The summed E-state index contributed by atoms with van der Waals surface area (Å²) in [5, 5.41) is 0. The van der Waals surface area contributed by atoms with E-state index in [9.17, 15) is 0 Å². The van der Waals surface area contributed by atoms with Crippen LogP contribution in [-0.2, 0) is 4.74 Å². The second-order valence-corrected chi connectivity index (χ2v) is 5.74. The fraction of sp³-hybridized carbons (Fsp3) is 0.667. The molecule has 1 aromatic rings. The molecule has 1 aromatic heterocycles. The van der Waals surface area contributed by atoms with Gasteiger partial charge in [0, 0.05) is 13.1 Å². The second-order valence-electron chi connectivity index (χ2n) is 4.94. The van der Waals surface area contributed by atoms with Crippen LogP contribution in [0.3, 0.4) is 0 Å². The van der Waals surface area contributed by atoms with E-state index in [1.165, 1.54) is 0 Å². The van der Waals surface area contributed by atoms with E-state index in [0.717, 1.165) is 23.3 Å². The van der Waals surface area contributed by atoms with Crippen LogP contribution < -0.4 is 5.73 Å². The summed E-state index contributed by atoms with van der Waals surface area (Å²) in [6.45, 7) is 6.63. The topological polar surface area (TPSA) is 64.3 Å². The van der Waals surface area contributed by atoms with Gasteiger partial charge in [0.15, 0.2) is 5.82 Å². The molecule has 100 valence electrons. The fourth-order valence-corrected chi connectivity index (χ4v) is 2.60. The average Bonchev–Trinajstić information content (AvgIpc) is 2.32. The highest BCUT2D eigenvalue weighted by atomic mass is 79.9. The average molecular weight is 315 g/mol.